The minimum Gasteiger partial charge on any atom is -0.493 e. The lowest BCUT2D eigenvalue weighted by Gasteiger charge is -2.31. The number of ether oxygens (including phenoxy) is 1. The summed E-state index contributed by atoms with van der Waals surface area (Å²) in [6.07, 6.45) is -9.71. The number of hydrogen-bond acceptors (Lipinski definition) is 4. The number of aromatic nitrogens is 2. The molecular weight excluding hydrogens is 506 g/mol. The molecule has 0 aliphatic rings. The molecule has 3 aromatic rings. The molecule has 13 heteroatoms. The molecule has 0 radical (unpaired) electrons. The van der Waals surface area contributed by atoms with E-state index in [4.69, 9.17) is 4.74 Å². The average molecular weight is 532 g/mol. The van der Waals surface area contributed by atoms with Crippen molar-refractivity contribution >= 4 is 11.7 Å². The Kier molecular flexibility index (Phi) is 8.13. The summed E-state index contributed by atoms with van der Waals surface area (Å²) in [4.78, 5) is 17.8. The van der Waals surface area contributed by atoms with Crippen molar-refractivity contribution in [2.45, 2.75) is 51.1 Å². The van der Waals surface area contributed by atoms with Crippen LogP contribution in [0.5, 0.6) is 11.6 Å². The number of carbonyl (C=O) groups excluding carboxylic acids is 1. The Morgan fingerprint density at radius 3 is 2.46 bits per heavy atom. The van der Waals surface area contributed by atoms with Crippen LogP contribution in [0.4, 0.5) is 31.1 Å². The number of methoxy groups -OCH3 is 1. The van der Waals surface area contributed by atoms with E-state index >= 15 is 0 Å². The Morgan fingerprint density at radius 1 is 1.16 bits per heavy atom. The number of alkyl halides is 6. The van der Waals surface area contributed by atoms with Gasteiger partial charge in [0.2, 0.25) is 5.88 Å². The fourth-order valence-corrected chi connectivity index (χ4v) is 3.97. The standard InChI is InChI=1S/C24H26F6N4O3/c1-4-34(22(36)31-19(24(28,29)30)8-9-23(25,26)27)14(2)15-6-5-7-16(10-15)17-11-18(37-3)21-32-20(35)13-33(21)12-17/h5-7,10-14,19,35H,4,8-9H2,1-3H3,(H,31,36)/t14-,19+/m1/s1. The van der Waals surface area contributed by atoms with Crippen LogP contribution >= 0.6 is 0 Å². The van der Waals surface area contributed by atoms with Crippen LogP contribution in [-0.2, 0) is 0 Å². The van der Waals surface area contributed by atoms with Crippen LogP contribution < -0.4 is 10.1 Å². The van der Waals surface area contributed by atoms with Gasteiger partial charge in [0.15, 0.2) is 11.4 Å². The van der Waals surface area contributed by atoms with Gasteiger partial charge in [0, 0.05) is 24.7 Å². The van der Waals surface area contributed by atoms with Crippen LogP contribution in [0.25, 0.3) is 16.8 Å². The largest absolute Gasteiger partial charge is 0.493 e. The maximum atomic E-state index is 13.3. The molecule has 2 N–H and O–H groups in total. The Bertz CT molecular complexity index is 1240. The quantitative estimate of drug-likeness (QED) is 0.345. The number of amides is 2. The first kappa shape index (κ1) is 27.9. The third-order valence-electron chi connectivity index (χ3n) is 5.91. The molecule has 202 valence electrons. The first-order chi connectivity index (χ1) is 17.2. The van der Waals surface area contributed by atoms with Crippen molar-refractivity contribution in [3.8, 4) is 22.8 Å². The Balaban J connectivity index is 1.85. The number of halogens is 6. The minimum atomic E-state index is -5.04. The summed E-state index contributed by atoms with van der Waals surface area (Å²) in [5.74, 6) is 0.192. The van der Waals surface area contributed by atoms with E-state index < -0.39 is 43.3 Å². The predicted octanol–water partition coefficient (Wildman–Crippen LogP) is 6.08. The molecule has 7 nitrogen and oxygen atoms in total. The zero-order chi connectivity index (χ0) is 27.5. The molecule has 1 aromatic carbocycles. The lowest BCUT2D eigenvalue weighted by atomic mass is 10.00. The van der Waals surface area contributed by atoms with E-state index in [2.05, 4.69) is 4.98 Å². The molecule has 2 heterocycles. The second-order valence-electron chi connectivity index (χ2n) is 8.41. The average Bonchev–Trinajstić information content (AvgIpc) is 3.20. The minimum absolute atomic E-state index is 0.00910. The molecule has 2 amide bonds. The summed E-state index contributed by atoms with van der Waals surface area (Å²) in [6.45, 7) is 3.18. The molecule has 0 bridgehead atoms. The van der Waals surface area contributed by atoms with Gasteiger partial charge >= 0.3 is 18.4 Å². The highest BCUT2D eigenvalue weighted by Gasteiger charge is 2.43. The maximum Gasteiger partial charge on any atom is 0.408 e. The van der Waals surface area contributed by atoms with Crippen molar-refractivity contribution in [2.24, 2.45) is 0 Å². The number of nitrogens with zero attached hydrogens (tertiary/aromatic N) is 3. The molecule has 0 fully saturated rings. The van der Waals surface area contributed by atoms with Gasteiger partial charge in [-0.3, -0.25) is 4.40 Å². The fourth-order valence-electron chi connectivity index (χ4n) is 3.97. The molecule has 0 spiro atoms. The lowest BCUT2D eigenvalue weighted by molar-refractivity contribution is -0.171. The SMILES string of the molecule is CCN(C(=O)N[C@@H](CCC(F)(F)F)C(F)(F)F)[C@H](C)c1cccc(-c2cc(OC)c3nc(O)cn3c2)c1. The van der Waals surface area contributed by atoms with Gasteiger partial charge in [-0.1, -0.05) is 18.2 Å². The van der Waals surface area contributed by atoms with Gasteiger partial charge in [0.05, 0.1) is 19.3 Å². The molecule has 37 heavy (non-hydrogen) atoms. The van der Waals surface area contributed by atoms with Crippen molar-refractivity contribution in [1.29, 1.82) is 0 Å². The summed E-state index contributed by atoms with van der Waals surface area (Å²) in [7, 11) is 1.45. The Hall–Kier alpha value is -3.64. The van der Waals surface area contributed by atoms with Gasteiger partial charge < -0.3 is 20.1 Å². The van der Waals surface area contributed by atoms with Crippen molar-refractivity contribution in [2.75, 3.05) is 13.7 Å². The van der Waals surface area contributed by atoms with Crippen molar-refractivity contribution < 1.29 is 41.0 Å². The molecule has 0 aliphatic carbocycles. The number of fused-ring (bicyclic) bond motifs is 1. The molecule has 0 saturated heterocycles. The molecular formula is C24H26F6N4O3. The normalized spacial score (nSPS) is 13.9. The summed E-state index contributed by atoms with van der Waals surface area (Å²) >= 11 is 0. The third kappa shape index (κ3) is 6.77. The molecule has 2 aromatic heterocycles. The fraction of sp³-hybridized carbons (Fsp3) is 0.417. The zero-order valence-electron chi connectivity index (χ0n) is 20.2. The van der Waals surface area contributed by atoms with Crippen LogP contribution in [0.1, 0.15) is 38.3 Å². The van der Waals surface area contributed by atoms with Crippen LogP contribution in [0, 0.1) is 0 Å². The second-order valence-corrected chi connectivity index (χ2v) is 8.41. The highest BCUT2D eigenvalue weighted by Crippen LogP contribution is 2.32. The van der Waals surface area contributed by atoms with E-state index in [1.807, 2.05) is 0 Å². The number of hydrogen-bond donors (Lipinski definition) is 2. The topological polar surface area (TPSA) is 79.1 Å². The highest BCUT2D eigenvalue weighted by atomic mass is 19.4. The highest BCUT2D eigenvalue weighted by molar-refractivity contribution is 5.75. The third-order valence-corrected chi connectivity index (χ3v) is 5.91. The first-order valence-electron chi connectivity index (χ1n) is 11.3. The van der Waals surface area contributed by atoms with Crippen LogP contribution in [0.2, 0.25) is 0 Å². The van der Waals surface area contributed by atoms with Gasteiger partial charge in [0.1, 0.15) is 6.04 Å². The van der Waals surface area contributed by atoms with Gasteiger partial charge in [-0.2, -0.15) is 31.3 Å². The van der Waals surface area contributed by atoms with E-state index in [1.165, 1.54) is 13.3 Å². The van der Waals surface area contributed by atoms with Gasteiger partial charge in [-0.25, -0.2) is 4.79 Å². The van der Waals surface area contributed by atoms with Crippen molar-refractivity contribution in [1.82, 2.24) is 19.6 Å². The predicted molar refractivity (Wildman–Crippen MR) is 123 cm³/mol. The second kappa shape index (κ2) is 10.8. The van der Waals surface area contributed by atoms with Crippen LogP contribution in [0.15, 0.2) is 42.7 Å². The van der Waals surface area contributed by atoms with Crippen molar-refractivity contribution in [3.05, 3.63) is 48.3 Å². The zero-order valence-corrected chi connectivity index (χ0v) is 20.2. The number of rotatable bonds is 8. The number of nitrogens with one attached hydrogen (secondary N) is 1. The summed E-state index contributed by atoms with van der Waals surface area (Å²) in [5.41, 5.74) is 2.34. The molecule has 3 rings (SSSR count). The van der Waals surface area contributed by atoms with Gasteiger partial charge in [-0.05, 0) is 43.5 Å². The summed E-state index contributed by atoms with van der Waals surface area (Å²) < 4.78 is 84.5. The number of aromatic hydroxyl groups is 1. The van der Waals surface area contributed by atoms with Gasteiger partial charge in [-0.15, -0.1) is 0 Å². The van der Waals surface area contributed by atoms with E-state index in [0.717, 1.165) is 4.90 Å². The van der Waals surface area contributed by atoms with Crippen molar-refractivity contribution in [3.63, 3.8) is 0 Å². The Labute approximate surface area is 208 Å². The molecule has 0 saturated carbocycles. The van der Waals surface area contributed by atoms with E-state index in [0.29, 0.717) is 28.1 Å². The Morgan fingerprint density at radius 2 is 1.86 bits per heavy atom. The first-order valence-corrected chi connectivity index (χ1v) is 11.3. The lowest BCUT2D eigenvalue weighted by Crippen LogP contribution is -2.51. The van der Waals surface area contributed by atoms with Gasteiger partial charge in [0.25, 0.3) is 0 Å². The summed E-state index contributed by atoms with van der Waals surface area (Å²) in [6, 6.07) is 4.14. The molecule has 0 aliphatic heterocycles. The monoisotopic (exact) mass is 532 g/mol. The molecule has 2 atom stereocenters. The maximum absolute atomic E-state index is 13.3. The van der Waals surface area contributed by atoms with Crippen LogP contribution in [0.3, 0.4) is 0 Å². The number of benzene rings is 1. The number of imidazole rings is 1. The number of pyridine rings is 1. The summed E-state index contributed by atoms with van der Waals surface area (Å²) in [5, 5.41) is 11.5. The number of urea groups is 1. The van der Waals surface area contributed by atoms with E-state index in [-0.39, 0.29) is 12.4 Å². The van der Waals surface area contributed by atoms with E-state index in [9.17, 15) is 36.2 Å². The number of carbonyl (C=O) groups is 1. The van der Waals surface area contributed by atoms with E-state index in [1.54, 1.807) is 60.1 Å². The van der Waals surface area contributed by atoms with Crippen LogP contribution in [-0.4, -0.2) is 57.5 Å². The smallest absolute Gasteiger partial charge is 0.408 e. The molecule has 0 unspecified atom stereocenters.